The number of anilines is 2. The van der Waals surface area contributed by atoms with Crippen molar-refractivity contribution in [1.82, 2.24) is 20.6 Å². The van der Waals surface area contributed by atoms with Gasteiger partial charge in [0.15, 0.2) is 5.75 Å². The van der Waals surface area contributed by atoms with Gasteiger partial charge in [0.25, 0.3) is 0 Å². The maximum absolute atomic E-state index is 13.2. The highest BCUT2D eigenvalue weighted by Crippen LogP contribution is 2.40. The second kappa shape index (κ2) is 11.5. The van der Waals surface area contributed by atoms with Crippen LogP contribution in [-0.4, -0.2) is 33.8 Å². The van der Waals surface area contributed by atoms with Crippen LogP contribution in [0.5, 0.6) is 17.2 Å². The van der Waals surface area contributed by atoms with Gasteiger partial charge in [0.2, 0.25) is 5.82 Å². The Hall–Kier alpha value is -5.18. The van der Waals surface area contributed by atoms with Crippen LogP contribution in [0.3, 0.4) is 0 Å². The van der Waals surface area contributed by atoms with E-state index in [0.717, 1.165) is 33.5 Å². The minimum absolute atomic E-state index is 0.144. The summed E-state index contributed by atoms with van der Waals surface area (Å²) in [6.45, 7) is 8.35. The number of para-hydroxylation sites is 2. The minimum Gasteiger partial charge on any atom is -0.497 e. The van der Waals surface area contributed by atoms with E-state index in [2.05, 4.69) is 58.1 Å². The average molecular weight is 549 g/mol. The van der Waals surface area contributed by atoms with Gasteiger partial charge < -0.3 is 20.1 Å². The summed E-state index contributed by atoms with van der Waals surface area (Å²) >= 11 is 0. The van der Waals surface area contributed by atoms with Crippen molar-refractivity contribution in [3.8, 4) is 39.8 Å². The first-order valence-electron chi connectivity index (χ1n) is 13.2. The maximum atomic E-state index is 13.2. The molecule has 0 saturated carbocycles. The first-order valence-corrected chi connectivity index (χ1v) is 13.2. The second-order valence-electron chi connectivity index (χ2n) is 10.6. The molecular formula is C32H32N6O3. The molecule has 1 aromatic heterocycles. The van der Waals surface area contributed by atoms with Gasteiger partial charge in [-0.1, -0.05) is 63.2 Å². The number of methoxy groups -OCH3 is 1. The number of aryl methyl sites for hydroxylation is 1. The van der Waals surface area contributed by atoms with E-state index < -0.39 is 6.03 Å². The quantitative estimate of drug-likeness (QED) is 0.193. The molecule has 4 aromatic carbocycles. The van der Waals surface area contributed by atoms with E-state index in [1.165, 1.54) is 0 Å². The number of carbonyl (C=O) groups is 1. The third-order valence-electron chi connectivity index (χ3n) is 6.66. The molecule has 0 aliphatic rings. The Balaban J connectivity index is 1.57. The molecule has 9 heteroatoms. The van der Waals surface area contributed by atoms with Crippen molar-refractivity contribution < 1.29 is 14.3 Å². The van der Waals surface area contributed by atoms with Gasteiger partial charge in [-0.15, -0.1) is 10.2 Å². The number of benzene rings is 4. The zero-order valence-corrected chi connectivity index (χ0v) is 23.6. The largest absolute Gasteiger partial charge is 0.497 e. The monoisotopic (exact) mass is 548 g/mol. The first-order chi connectivity index (χ1) is 19.7. The molecule has 0 radical (unpaired) electrons. The third kappa shape index (κ3) is 6.19. The number of carbonyl (C=O) groups excluding carboxylic acids is 1. The highest BCUT2D eigenvalue weighted by molar-refractivity contribution is 6.01. The molecule has 9 nitrogen and oxygen atoms in total. The number of urea groups is 1. The summed E-state index contributed by atoms with van der Waals surface area (Å²) in [5.74, 6) is 2.29. The SMILES string of the molecule is COc1ccc(-c2ccc(Oc3ccccc3C(C)(C)C)c(NC(=O)Nc3ccccc3C)c2)c(-c2nn[nH]n2)c1. The van der Waals surface area contributed by atoms with Crippen LogP contribution in [0.2, 0.25) is 0 Å². The second-order valence-corrected chi connectivity index (χ2v) is 10.6. The summed E-state index contributed by atoms with van der Waals surface area (Å²) < 4.78 is 11.9. The summed E-state index contributed by atoms with van der Waals surface area (Å²) in [6, 6.07) is 26.4. The Morgan fingerprint density at radius 2 is 1.59 bits per heavy atom. The van der Waals surface area contributed by atoms with Crippen LogP contribution in [0.25, 0.3) is 22.5 Å². The van der Waals surface area contributed by atoms with Crippen LogP contribution in [0.4, 0.5) is 16.2 Å². The van der Waals surface area contributed by atoms with Crippen LogP contribution in [0, 0.1) is 6.92 Å². The number of amides is 2. The number of hydrogen-bond donors (Lipinski definition) is 3. The fourth-order valence-electron chi connectivity index (χ4n) is 4.53. The maximum Gasteiger partial charge on any atom is 0.323 e. The van der Waals surface area contributed by atoms with E-state index in [1.807, 2.05) is 85.8 Å². The van der Waals surface area contributed by atoms with Gasteiger partial charge in [-0.2, -0.15) is 5.21 Å². The Bertz CT molecular complexity index is 1680. The van der Waals surface area contributed by atoms with Crippen LogP contribution in [0.15, 0.2) is 84.9 Å². The molecule has 0 bridgehead atoms. The lowest BCUT2D eigenvalue weighted by molar-refractivity contribution is 0.262. The number of aromatic nitrogens is 4. The molecule has 0 atom stereocenters. The molecular weight excluding hydrogens is 516 g/mol. The molecule has 0 aliphatic carbocycles. The Morgan fingerprint density at radius 1 is 0.829 bits per heavy atom. The molecule has 3 N–H and O–H groups in total. The van der Waals surface area contributed by atoms with Gasteiger partial charge in [0.05, 0.1) is 12.8 Å². The van der Waals surface area contributed by atoms with Crippen molar-refractivity contribution in [3.05, 3.63) is 96.1 Å². The number of H-pyrrole nitrogens is 1. The third-order valence-corrected chi connectivity index (χ3v) is 6.66. The fraction of sp³-hybridized carbons (Fsp3) is 0.188. The Kier molecular flexibility index (Phi) is 7.69. The van der Waals surface area contributed by atoms with Crippen molar-refractivity contribution in [1.29, 1.82) is 0 Å². The van der Waals surface area contributed by atoms with E-state index in [4.69, 9.17) is 9.47 Å². The normalized spacial score (nSPS) is 11.1. The highest BCUT2D eigenvalue weighted by atomic mass is 16.5. The average Bonchev–Trinajstić information content (AvgIpc) is 3.50. The van der Waals surface area contributed by atoms with Crippen molar-refractivity contribution in [2.45, 2.75) is 33.1 Å². The van der Waals surface area contributed by atoms with Gasteiger partial charge in [0.1, 0.15) is 11.5 Å². The lowest BCUT2D eigenvalue weighted by atomic mass is 9.86. The number of nitrogens with zero attached hydrogens (tertiary/aromatic N) is 3. The molecule has 1 heterocycles. The molecule has 41 heavy (non-hydrogen) atoms. The Morgan fingerprint density at radius 3 is 2.32 bits per heavy atom. The Labute approximate surface area is 238 Å². The van der Waals surface area contributed by atoms with Crippen LogP contribution < -0.4 is 20.1 Å². The summed E-state index contributed by atoms with van der Waals surface area (Å²) in [5.41, 5.74) is 5.44. The van der Waals surface area contributed by atoms with Crippen molar-refractivity contribution in [2.75, 3.05) is 17.7 Å². The molecule has 0 saturated heterocycles. The van der Waals surface area contributed by atoms with Gasteiger partial charge in [-0.25, -0.2) is 4.79 Å². The summed E-state index contributed by atoms with van der Waals surface area (Å²) in [4.78, 5) is 13.2. The molecule has 0 fully saturated rings. The number of rotatable bonds is 7. The minimum atomic E-state index is -0.390. The van der Waals surface area contributed by atoms with Gasteiger partial charge in [-0.05, 0) is 76.7 Å². The zero-order valence-electron chi connectivity index (χ0n) is 23.6. The van der Waals surface area contributed by atoms with Crippen LogP contribution in [0.1, 0.15) is 31.9 Å². The number of aromatic amines is 1. The highest BCUT2D eigenvalue weighted by Gasteiger charge is 2.21. The molecule has 5 rings (SSSR count). The van der Waals surface area contributed by atoms with Gasteiger partial charge in [0, 0.05) is 16.8 Å². The van der Waals surface area contributed by atoms with Crippen molar-refractivity contribution in [2.24, 2.45) is 0 Å². The van der Waals surface area contributed by atoms with Gasteiger partial charge >= 0.3 is 6.03 Å². The summed E-state index contributed by atoms with van der Waals surface area (Å²) in [5, 5.41) is 20.5. The molecule has 208 valence electrons. The predicted molar refractivity (Wildman–Crippen MR) is 161 cm³/mol. The summed E-state index contributed by atoms with van der Waals surface area (Å²) in [7, 11) is 1.60. The molecule has 0 spiro atoms. The van der Waals surface area contributed by atoms with E-state index >= 15 is 0 Å². The summed E-state index contributed by atoms with van der Waals surface area (Å²) in [6.07, 6.45) is 0. The molecule has 2 amide bonds. The number of tetrazole rings is 1. The number of nitrogens with one attached hydrogen (secondary N) is 3. The van der Waals surface area contributed by atoms with E-state index in [0.29, 0.717) is 28.8 Å². The van der Waals surface area contributed by atoms with E-state index in [-0.39, 0.29) is 5.41 Å². The molecule has 0 aliphatic heterocycles. The fourth-order valence-corrected chi connectivity index (χ4v) is 4.53. The van der Waals surface area contributed by atoms with Crippen LogP contribution in [-0.2, 0) is 5.41 Å². The first kappa shape index (κ1) is 27.4. The number of ether oxygens (including phenoxy) is 2. The van der Waals surface area contributed by atoms with Crippen molar-refractivity contribution >= 4 is 17.4 Å². The van der Waals surface area contributed by atoms with E-state index in [1.54, 1.807) is 7.11 Å². The molecule has 5 aromatic rings. The molecule has 0 unspecified atom stereocenters. The van der Waals surface area contributed by atoms with Crippen molar-refractivity contribution in [3.63, 3.8) is 0 Å². The smallest absolute Gasteiger partial charge is 0.323 e. The topological polar surface area (TPSA) is 114 Å². The lowest BCUT2D eigenvalue weighted by Crippen LogP contribution is -2.20. The number of hydrogen-bond acceptors (Lipinski definition) is 6. The van der Waals surface area contributed by atoms with Crippen LogP contribution >= 0.6 is 0 Å². The van der Waals surface area contributed by atoms with E-state index in [9.17, 15) is 4.79 Å². The zero-order chi connectivity index (χ0) is 29.0. The van der Waals surface area contributed by atoms with Gasteiger partial charge in [-0.3, -0.25) is 0 Å². The standard InChI is InChI=1S/C32H32N6O3/c1-20-10-6-8-12-26(20)33-31(39)34-27-18-21(23-16-15-22(40-5)19-24(23)30-35-37-38-36-30)14-17-29(27)41-28-13-9-7-11-25(28)32(2,3)4/h6-19H,1-5H3,(H2,33,34,39)(H,35,36,37,38). The lowest BCUT2D eigenvalue weighted by Gasteiger charge is -2.23. The predicted octanol–water partition coefficient (Wildman–Crippen LogP) is 7.58.